The first-order valence-corrected chi connectivity index (χ1v) is 6.16. The molecule has 2 aromatic rings. The van der Waals surface area contributed by atoms with Crippen LogP contribution in [0.25, 0.3) is 10.8 Å². The maximum Gasteiger partial charge on any atom is 0.305 e. The van der Waals surface area contributed by atoms with Crippen LogP contribution in [0.4, 0.5) is 11.5 Å². The number of anilines is 2. The Labute approximate surface area is 111 Å². The van der Waals surface area contributed by atoms with Crippen LogP contribution in [0.3, 0.4) is 0 Å². The van der Waals surface area contributed by atoms with Crippen molar-refractivity contribution in [2.75, 3.05) is 24.7 Å². The van der Waals surface area contributed by atoms with Crippen molar-refractivity contribution < 1.29 is 9.53 Å². The lowest BCUT2D eigenvalue weighted by atomic mass is 10.1. The molecule has 100 valence electrons. The first kappa shape index (κ1) is 13.1. The molecule has 0 radical (unpaired) electrons. The van der Waals surface area contributed by atoms with Crippen LogP contribution in [0.1, 0.15) is 12.8 Å². The summed E-state index contributed by atoms with van der Waals surface area (Å²) in [5.74, 6) is 0.589. The lowest BCUT2D eigenvalue weighted by molar-refractivity contribution is -0.140. The smallest absolute Gasteiger partial charge is 0.305 e. The van der Waals surface area contributed by atoms with E-state index >= 15 is 0 Å². The third kappa shape index (κ3) is 3.13. The van der Waals surface area contributed by atoms with Crippen LogP contribution in [0, 0.1) is 0 Å². The van der Waals surface area contributed by atoms with Gasteiger partial charge in [-0.05, 0) is 18.6 Å². The van der Waals surface area contributed by atoms with Gasteiger partial charge in [0.1, 0.15) is 5.82 Å². The molecule has 1 aromatic carbocycles. The van der Waals surface area contributed by atoms with Crippen LogP contribution in [0.15, 0.2) is 30.5 Å². The van der Waals surface area contributed by atoms with Gasteiger partial charge in [-0.2, -0.15) is 0 Å². The van der Waals surface area contributed by atoms with E-state index < -0.39 is 0 Å². The van der Waals surface area contributed by atoms with Gasteiger partial charge < -0.3 is 15.8 Å². The molecule has 1 aromatic heterocycles. The fraction of sp³-hybridized carbons (Fsp3) is 0.286. The predicted molar refractivity (Wildman–Crippen MR) is 75.9 cm³/mol. The number of fused-ring (bicyclic) bond motifs is 1. The molecule has 1 heterocycles. The van der Waals surface area contributed by atoms with Gasteiger partial charge in [0.2, 0.25) is 0 Å². The number of nitrogens with two attached hydrogens (primary N) is 1. The number of nitrogen functional groups attached to an aromatic ring is 1. The number of esters is 1. The lowest BCUT2D eigenvalue weighted by Crippen LogP contribution is -2.07. The van der Waals surface area contributed by atoms with Gasteiger partial charge in [0.25, 0.3) is 0 Å². The normalized spacial score (nSPS) is 10.4. The molecule has 0 atom stereocenters. The van der Waals surface area contributed by atoms with Crippen molar-refractivity contribution in [1.82, 2.24) is 4.98 Å². The Kier molecular flexibility index (Phi) is 4.18. The fourth-order valence-corrected chi connectivity index (χ4v) is 1.91. The Morgan fingerprint density at radius 1 is 1.37 bits per heavy atom. The van der Waals surface area contributed by atoms with Crippen LogP contribution in [-0.2, 0) is 9.53 Å². The van der Waals surface area contributed by atoms with Gasteiger partial charge in [0.15, 0.2) is 0 Å². The Hall–Kier alpha value is -2.30. The molecule has 3 N–H and O–H groups in total. The molecule has 0 unspecified atom stereocenters. The van der Waals surface area contributed by atoms with Crippen LogP contribution in [0.2, 0.25) is 0 Å². The molecular weight excluding hydrogens is 242 g/mol. The number of pyridine rings is 1. The molecule has 0 saturated heterocycles. The summed E-state index contributed by atoms with van der Waals surface area (Å²) in [6.07, 6.45) is 2.82. The summed E-state index contributed by atoms with van der Waals surface area (Å²) < 4.78 is 4.59. The largest absolute Gasteiger partial charge is 0.469 e. The number of nitrogens with one attached hydrogen (secondary N) is 1. The van der Waals surface area contributed by atoms with Gasteiger partial charge in [-0.1, -0.05) is 12.1 Å². The molecule has 0 aliphatic heterocycles. The topological polar surface area (TPSA) is 77.2 Å². The predicted octanol–water partition coefficient (Wildman–Crippen LogP) is 2.18. The zero-order valence-corrected chi connectivity index (χ0v) is 10.8. The quantitative estimate of drug-likeness (QED) is 0.489. The monoisotopic (exact) mass is 259 g/mol. The molecule has 0 aliphatic rings. The zero-order chi connectivity index (χ0) is 13.7. The van der Waals surface area contributed by atoms with Gasteiger partial charge in [-0.15, -0.1) is 0 Å². The van der Waals surface area contributed by atoms with Gasteiger partial charge in [-0.25, -0.2) is 4.98 Å². The summed E-state index contributed by atoms with van der Waals surface area (Å²) in [7, 11) is 1.39. The van der Waals surface area contributed by atoms with E-state index in [0.29, 0.717) is 19.4 Å². The van der Waals surface area contributed by atoms with Crippen molar-refractivity contribution >= 4 is 28.2 Å². The first-order chi connectivity index (χ1) is 9.22. The second kappa shape index (κ2) is 6.04. The number of hydrogen-bond donors (Lipinski definition) is 2. The maximum atomic E-state index is 11.0. The molecule has 0 saturated carbocycles. The van der Waals surface area contributed by atoms with E-state index in [9.17, 15) is 4.79 Å². The maximum absolute atomic E-state index is 11.0. The number of benzene rings is 1. The standard InChI is InChI=1S/C14H17N3O2/c1-19-13(18)6-3-8-16-14-11-4-2-5-12(15)10(11)7-9-17-14/h2,4-5,7,9H,3,6,8,15H2,1H3,(H,16,17). The van der Waals surface area contributed by atoms with Crippen molar-refractivity contribution in [1.29, 1.82) is 0 Å². The van der Waals surface area contributed by atoms with E-state index in [1.165, 1.54) is 7.11 Å². The number of aromatic nitrogens is 1. The first-order valence-electron chi connectivity index (χ1n) is 6.16. The highest BCUT2D eigenvalue weighted by Gasteiger charge is 2.04. The summed E-state index contributed by atoms with van der Waals surface area (Å²) in [6, 6.07) is 7.63. The third-order valence-electron chi connectivity index (χ3n) is 2.92. The van der Waals surface area contributed by atoms with Crippen LogP contribution < -0.4 is 11.1 Å². The minimum atomic E-state index is -0.197. The number of nitrogens with zero attached hydrogens (tertiary/aromatic N) is 1. The van der Waals surface area contributed by atoms with E-state index in [1.54, 1.807) is 6.20 Å². The molecule has 0 aliphatic carbocycles. The van der Waals surface area contributed by atoms with Gasteiger partial charge >= 0.3 is 5.97 Å². The van der Waals surface area contributed by atoms with Crippen LogP contribution in [0.5, 0.6) is 0 Å². The number of methoxy groups -OCH3 is 1. The number of ether oxygens (including phenoxy) is 1. The molecule has 2 rings (SSSR count). The summed E-state index contributed by atoms with van der Waals surface area (Å²) in [5, 5.41) is 5.19. The molecular formula is C14H17N3O2. The SMILES string of the molecule is COC(=O)CCCNc1nccc2c(N)cccc12. The summed E-state index contributed by atoms with van der Waals surface area (Å²) in [6.45, 7) is 0.663. The lowest BCUT2D eigenvalue weighted by Gasteiger charge is -2.09. The minimum absolute atomic E-state index is 0.197. The van der Waals surface area contributed by atoms with Gasteiger partial charge in [-0.3, -0.25) is 4.79 Å². The van der Waals surface area contributed by atoms with E-state index in [0.717, 1.165) is 22.3 Å². The summed E-state index contributed by atoms with van der Waals surface area (Å²) in [4.78, 5) is 15.3. The van der Waals surface area contributed by atoms with E-state index in [-0.39, 0.29) is 5.97 Å². The molecule has 0 amide bonds. The number of carbonyl (C=O) groups excluding carboxylic acids is 1. The van der Waals surface area contributed by atoms with E-state index in [1.807, 2.05) is 24.3 Å². The molecule has 19 heavy (non-hydrogen) atoms. The minimum Gasteiger partial charge on any atom is -0.469 e. The summed E-state index contributed by atoms with van der Waals surface area (Å²) >= 11 is 0. The Morgan fingerprint density at radius 3 is 3.00 bits per heavy atom. The molecule has 0 bridgehead atoms. The second-order valence-electron chi connectivity index (χ2n) is 4.21. The zero-order valence-electron chi connectivity index (χ0n) is 10.8. The molecule has 5 heteroatoms. The van der Waals surface area contributed by atoms with Crippen molar-refractivity contribution in [3.63, 3.8) is 0 Å². The highest BCUT2D eigenvalue weighted by atomic mass is 16.5. The fourth-order valence-electron chi connectivity index (χ4n) is 1.91. The van der Waals surface area contributed by atoms with Gasteiger partial charge in [0, 0.05) is 35.6 Å². The molecule has 0 spiro atoms. The molecule has 5 nitrogen and oxygen atoms in total. The van der Waals surface area contributed by atoms with Crippen molar-refractivity contribution in [3.05, 3.63) is 30.5 Å². The van der Waals surface area contributed by atoms with Crippen molar-refractivity contribution in [3.8, 4) is 0 Å². The second-order valence-corrected chi connectivity index (χ2v) is 4.21. The number of carbonyl (C=O) groups is 1. The van der Waals surface area contributed by atoms with Crippen molar-refractivity contribution in [2.45, 2.75) is 12.8 Å². The number of rotatable bonds is 5. The van der Waals surface area contributed by atoms with Crippen LogP contribution >= 0.6 is 0 Å². The average molecular weight is 259 g/mol. The van der Waals surface area contributed by atoms with Crippen LogP contribution in [-0.4, -0.2) is 24.6 Å². The molecule has 0 fully saturated rings. The van der Waals surface area contributed by atoms with E-state index in [4.69, 9.17) is 5.73 Å². The van der Waals surface area contributed by atoms with Gasteiger partial charge in [0.05, 0.1) is 7.11 Å². The number of hydrogen-bond acceptors (Lipinski definition) is 5. The van der Waals surface area contributed by atoms with E-state index in [2.05, 4.69) is 15.0 Å². The Morgan fingerprint density at radius 2 is 2.21 bits per heavy atom. The Balaban J connectivity index is 2.05. The highest BCUT2D eigenvalue weighted by Crippen LogP contribution is 2.25. The average Bonchev–Trinajstić information content (AvgIpc) is 2.44. The summed E-state index contributed by atoms with van der Waals surface area (Å²) in [5.41, 5.74) is 6.65. The Bertz CT molecular complexity index is 584. The van der Waals surface area contributed by atoms with Crippen molar-refractivity contribution in [2.24, 2.45) is 0 Å². The highest BCUT2D eigenvalue weighted by molar-refractivity contribution is 5.99. The third-order valence-corrected chi connectivity index (χ3v) is 2.92.